The van der Waals surface area contributed by atoms with Gasteiger partial charge in [-0.3, -0.25) is 0 Å². The van der Waals surface area contributed by atoms with Gasteiger partial charge in [0, 0.05) is 6.54 Å². The van der Waals surface area contributed by atoms with Gasteiger partial charge in [0.05, 0.1) is 0 Å². The molecule has 0 saturated heterocycles. The molecule has 0 bridgehead atoms. The summed E-state index contributed by atoms with van der Waals surface area (Å²) in [4.78, 5) is 11.3. The molecule has 1 aliphatic carbocycles. The van der Waals surface area contributed by atoms with E-state index >= 15 is 0 Å². The van der Waals surface area contributed by atoms with Gasteiger partial charge in [0.25, 0.3) is 0 Å². The van der Waals surface area contributed by atoms with E-state index in [1.807, 2.05) is 0 Å². The monoisotopic (exact) mass is 295 g/mol. The molecule has 0 aromatic carbocycles. The van der Waals surface area contributed by atoms with Crippen LogP contribution in [0.5, 0.6) is 0 Å². The zero-order valence-corrected chi connectivity index (χ0v) is 10.9. The van der Waals surface area contributed by atoms with Crippen LogP contribution in [0.25, 0.3) is 0 Å². The molecule has 1 aliphatic rings. The molecule has 2 N–H and O–H groups in total. The molecule has 1 aromatic heterocycles. The van der Waals surface area contributed by atoms with Crippen molar-refractivity contribution in [3.05, 3.63) is 5.28 Å². The highest BCUT2D eigenvalue weighted by molar-refractivity contribution is 6.28. The Morgan fingerprint density at radius 3 is 2.47 bits per heavy atom. The van der Waals surface area contributed by atoms with Gasteiger partial charge >= 0.3 is 6.18 Å². The van der Waals surface area contributed by atoms with Gasteiger partial charge in [-0.2, -0.15) is 28.1 Å². The molecule has 1 atom stereocenters. The summed E-state index contributed by atoms with van der Waals surface area (Å²) < 4.78 is 37.2. The minimum Gasteiger partial charge on any atom is -0.354 e. The minimum absolute atomic E-state index is 0.148. The van der Waals surface area contributed by atoms with Crippen molar-refractivity contribution in [3.63, 3.8) is 0 Å². The van der Waals surface area contributed by atoms with Crippen molar-refractivity contribution >= 4 is 23.5 Å². The summed E-state index contributed by atoms with van der Waals surface area (Å²) in [5, 5.41) is 4.94. The number of nitrogens with one attached hydrogen (secondary N) is 2. The molecular formula is C10H13ClF3N5. The van der Waals surface area contributed by atoms with Crippen LogP contribution in [0.15, 0.2) is 0 Å². The fraction of sp³-hybridized carbons (Fsp3) is 0.700. The SMILES string of the molecule is C[C@@H](Nc1nc(Cl)nc(NCC2CC2)n1)C(F)(F)F. The van der Waals surface area contributed by atoms with Crippen LogP contribution < -0.4 is 10.6 Å². The second-order valence-electron chi connectivity index (χ2n) is 4.48. The predicted octanol–water partition coefficient (Wildman–Crippen LogP) is 2.71. The lowest BCUT2D eigenvalue weighted by atomic mass is 10.3. The van der Waals surface area contributed by atoms with Crippen molar-refractivity contribution in [2.75, 3.05) is 17.2 Å². The number of rotatable bonds is 5. The molecule has 1 fully saturated rings. The maximum atomic E-state index is 12.4. The van der Waals surface area contributed by atoms with E-state index in [9.17, 15) is 13.2 Å². The number of anilines is 2. The third-order valence-electron chi connectivity index (χ3n) is 2.69. The third kappa shape index (κ3) is 4.38. The van der Waals surface area contributed by atoms with Crippen molar-refractivity contribution in [3.8, 4) is 0 Å². The number of alkyl halides is 3. The van der Waals surface area contributed by atoms with Crippen molar-refractivity contribution in [2.24, 2.45) is 5.92 Å². The van der Waals surface area contributed by atoms with Gasteiger partial charge < -0.3 is 10.6 Å². The van der Waals surface area contributed by atoms with Gasteiger partial charge in [-0.05, 0) is 37.3 Å². The first-order chi connectivity index (χ1) is 8.84. The molecule has 2 rings (SSSR count). The highest BCUT2D eigenvalue weighted by atomic mass is 35.5. The normalized spacial score (nSPS) is 17.1. The maximum absolute atomic E-state index is 12.4. The Bertz CT molecular complexity index is 449. The molecule has 19 heavy (non-hydrogen) atoms. The first-order valence-electron chi connectivity index (χ1n) is 5.83. The van der Waals surface area contributed by atoms with E-state index in [0.29, 0.717) is 12.5 Å². The Hall–Kier alpha value is -1.31. The molecule has 0 spiro atoms. The predicted molar refractivity (Wildman–Crippen MR) is 65.2 cm³/mol. The molecule has 1 heterocycles. The Morgan fingerprint density at radius 2 is 1.89 bits per heavy atom. The molecule has 1 aromatic rings. The van der Waals surface area contributed by atoms with E-state index < -0.39 is 12.2 Å². The summed E-state index contributed by atoms with van der Waals surface area (Å²) in [5.41, 5.74) is 0. The topological polar surface area (TPSA) is 62.7 Å². The number of hydrogen-bond donors (Lipinski definition) is 2. The van der Waals surface area contributed by atoms with Crippen LogP contribution in [0.3, 0.4) is 0 Å². The van der Waals surface area contributed by atoms with Crippen LogP contribution in [0.2, 0.25) is 5.28 Å². The zero-order valence-electron chi connectivity index (χ0n) is 10.1. The average molecular weight is 296 g/mol. The van der Waals surface area contributed by atoms with E-state index in [4.69, 9.17) is 11.6 Å². The number of aromatic nitrogens is 3. The zero-order chi connectivity index (χ0) is 14.0. The van der Waals surface area contributed by atoms with Gasteiger partial charge in [-0.25, -0.2) is 0 Å². The second kappa shape index (κ2) is 5.36. The fourth-order valence-corrected chi connectivity index (χ4v) is 1.49. The van der Waals surface area contributed by atoms with Gasteiger partial charge in [0.1, 0.15) is 6.04 Å². The van der Waals surface area contributed by atoms with Gasteiger partial charge in [-0.15, -0.1) is 0 Å². The van der Waals surface area contributed by atoms with Crippen LogP contribution in [0.1, 0.15) is 19.8 Å². The van der Waals surface area contributed by atoms with E-state index in [0.717, 1.165) is 19.8 Å². The largest absolute Gasteiger partial charge is 0.408 e. The highest BCUT2D eigenvalue weighted by Gasteiger charge is 2.36. The van der Waals surface area contributed by atoms with E-state index in [2.05, 4.69) is 25.6 Å². The second-order valence-corrected chi connectivity index (χ2v) is 4.82. The van der Waals surface area contributed by atoms with E-state index in [-0.39, 0.29) is 17.2 Å². The van der Waals surface area contributed by atoms with Crippen LogP contribution in [-0.2, 0) is 0 Å². The lowest BCUT2D eigenvalue weighted by Crippen LogP contribution is -2.33. The first-order valence-corrected chi connectivity index (χ1v) is 6.21. The molecule has 0 aliphatic heterocycles. The Balaban J connectivity index is 2.02. The number of hydrogen-bond acceptors (Lipinski definition) is 5. The smallest absolute Gasteiger partial charge is 0.354 e. The summed E-state index contributed by atoms with van der Waals surface area (Å²) in [6.07, 6.45) is -2.09. The summed E-state index contributed by atoms with van der Waals surface area (Å²) in [6, 6.07) is -1.76. The summed E-state index contributed by atoms with van der Waals surface area (Å²) in [6.45, 7) is 1.67. The number of nitrogens with zero attached hydrogens (tertiary/aromatic N) is 3. The first kappa shape index (κ1) is 14.1. The molecule has 9 heteroatoms. The minimum atomic E-state index is -4.37. The maximum Gasteiger partial charge on any atom is 0.408 e. The molecule has 0 unspecified atom stereocenters. The summed E-state index contributed by atoms with van der Waals surface area (Å²) in [5.74, 6) is 0.577. The lowest BCUT2D eigenvalue weighted by Gasteiger charge is -2.17. The Morgan fingerprint density at radius 1 is 1.26 bits per heavy atom. The fourth-order valence-electron chi connectivity index (χ4n) is 1.33. The van der Waals surface area contributed by atoms with Crippen LogP contribution in [0.4, 0.5) is 25.1 Å². The lowest BCUT2D eigenvalue weighted by molar-refractivity contribution is -0.138. The van der Waals surface area contributed by atoms with Crippen LogP contribution in [-0.4, -0.2) is 33.7 Å². The third-order valence-corrected chi connectivity index (χ3v) is 2.86. The quantitative estimate of drug-likeness (QED) is 0.874. The van der Waals surface area contributed by atoms with E-state index in [1.54, 1.807) is 0 Å². The summed E-state index contributed by atoms with van der Waals surface area (Å²) >= 11 is 5.66. The summed E-state index contributed by atoms with van der Waals surface area (Å²) in [7, 11) is 0. The Labute approximate surface area is 113 Å². The molecule has 5 nitrogen and oxygen atoms in total. The molecule has 106 valence electrons. The van der Waals surface area contributed by atoms with Gasteiger partial charge in [0.2, 0.25) is 17.2 Å². The average Bonchev–Trinajstić information content (AvgIpc) is 3.08. The van der Waals surface area contributed by atoms with Crippen molar-refractivity contribution in [1.29, 1.82) is 0 Å². The number of halogens is 4. The standard InChI is InChI=1S/C10H13ClF3N5/c1-5(10(12,13)14)16-9-18-7(11)17-8(19-9)15-4-6-2-3-6/h5-6H,2-4H2,1H3,(H2,15,16,17,18,19)/t5-/m1/s1. The van der Waals surface area contributed by atoms with Crippen LogP contribution >= 0.6 is 11.6 Å². The van der Waals surface area contributed by atoms with Crippen LogP contribution in [0, 0.1) is 5.92 Å². The van der Waals surface area contributed by atoms with Gasteiger partial charge in [-0.1, -0.05) is 0 Å². The Kier molecular flexibility index (Phi) is 3.98. The molecule has 0 amide bonds. The van der Waals surface area contributed by atoms with Crippen molar-refractivity contribution < 1.29 is 13.2 Å². The van der Waals surface area contributed by atoms with Crippen molar-refractivity contribution in [2.45, 2.75) is 32.0 Å². The highest BCUT2D eigenvalue weighted by Crippen LogP contribution is 2.28. The van der Waals surface area contributed by atoms with Gasteiger partial charge in [0.15, 0.2) is 0 Å². The molecule has 1 saturated carbocycles. The van der Waals surface area contributed by atoms with Crippen molar-refractivity contribution in [1.82, 2.24) is 15.0 Å². The molecular weight excluding hydrogens is 283 g/mol. The molecule has 0 radical (unpaired) electrons. The van der Waals surface area contributed by atoms with E-state index in [1.165, 1.54) is 0 Å².